The maximum Gasteiger partial charge on any atom is 0.159 e. The third-order valence-corrected chi connectivity index (χ3v) is 15.3. The van der Waals surface area contributed by atoms with E-state index in [2.05, 4.69) is 252 Å². The minimum Gasteiger partial charge on any atom is -0.454 e. The summed E-state index contributed by atoms with van der Waals surface area (Å²) in [5.74, 6) is 0. The molecule has 4 heteroatoms. The Morgan fingerprint density at radius 2 is 0.608 bits per heavy atom. The lowest BCUT2D eigenvalue weighted by atomic mass is 9.79. The van der Waals surface area contributed by atoms with Gasteiger partial charge in [-0.15, -0.1) is 0 Å². The first kappa shape index (κ1) is 42.1. The molecule has 0 aliphatic heterocycles. The van der Waals surface area contributed by atoms with Crippen LogP contribution in [-0.2, 0) is 12.8 Å². The highest BCUT2D eigenvalue weighted by Gasteiger charge is 2.29. The van der Waals surface area contributed by atoms with Crippen molar-refractivity contribution in [2.24, 2.45) is 0 Å². The van der Waals surface area contributed by atoms with Gasteiger partial charge in [0.2, 0.25) is 0 Å². The van der Waals surface area contributed by atoms with E-state index >= 15 is 0 Å². The van der Waals surface area contributed by atoms with Crippen LogP contribution in [0.1, 0.15) is 22.3 Å². The Labute approximate surface area is 428 Å². The molecule has 0 atom stereocenters. The zero-order valence-corrected chi connectivity index (χ0v) is 40.4. The summed E-state index contributed by atoms with van der Waals surface area (Å²) in [6.07, 6.45) is 1.41. The predicted molar refractivity (Wildman–Crippen MR) is 308 cm³/mol. The molecule has 1 aliphatic carbocycles. The van der Waals surface area contributed by atoms with Gasteiger partial charge in [-0.2, -0.15) is 0 Å². The van der Waals surface area contributed by atoms with E-state index in [9.17, 15) is 0 Å². The number of nitrogens with zero attached hydrogens (tertiary/aromatic N) is 2. The minimum atomic E-state index is 0.703. The lowest BCUT2D eigenvalue weighted by molar-refractivity contribution is 0.669. The van der Waals surface area contributed by atoms with Crippen LogP contribution >= 0.6 is 0 Å². The van der Waals surface area contributed by atoms with E-state index in [4.69, 9.17) is 8.83 Å². The van der Waals surface area contributed by atoms with Gasteiger partial charge < -0.3 is 18.6 Å². The average Bonchev–Trinajstić information content (AvgIpc) is 4.07. The number of fused-ring (bicyclic) bond motifs is 16. The molecule has 0 unspecified atom stereocenters. The van der Waals surface area contributed by atoms with Gasteiger partial charge in [0.15, 0.2) is 11.2 Å². The van der Waals surface area contributed by atoms with Gasteiger partial charge in [0.25, 0.3) is 0 Å². The molecule has 0 amide bonds. The van der Waals surface area contributed by atoms with Crippen molar-refractivity contribution in [1.29, 1.82) is 0 Å². The molecule has 0 N–H and O–H groups in total. The Balaban J connectivity index is 1.06. The average molecular weight is 947 g/mol. The van der Waals surface area contributed by atoms with Crippen molar-refractivity contribution in [1.82, 2.24) is 0 Å². The normalized spacial score (nSPS) is 12.2. The summed E-state index contributed by atoms with van der Waals surface area (Å²) in [4.78, 5) is 4.85. The number of rotatable bonds is 6. The first-order valence-corrected chi connectivity index (χ1v) is 25.5. The molecule has 0 radical (unpaired) electrons. The Bertz CT molecular complexity index is 4220. The number of para-hydroxylation sites is 6. The zero-order chi connectivity index (χ0) is 48.7. The second-order valence-corrected chi connectivity index (χ2v) is 19.5. The molecule has 0 spiro atoms. The molecule has 0 bridgehead atoms. The van der Waals surface area contributed by atoms with Crippen molar-refractivity contribution in [3.05, 3.63) is 277 Å². The SMILES string of the molecule is c1ccc(N(c2cc3c(c4ccccc24)-c2c(cc(N(c4ccccc4)c4cccc5c4oc4ccccc45)c4ccccc24)Cc2ccccc2-c2ccccc2C3)c2cccc3c2oc2ccccc23)cc1. The molecular formula is C70H46N2O2. The summed E-state index contributed by atoms with van der Waals surface area (Å²) in [5.41, 5.74) is 19.8. The number of benzene rings is 12. The molecule has 348 valence electrons. The fourth-order valence-corrected chi connectivity index (χ4v) is 12.1. The van der Waals surface area contributed by atoms with Crippen molar-refractivity contribution >= 4 is 99.5 Å². The topological polar surface area (TPSA) is 32.8 Å². The van der Waals surface area contributed by atoms with Crippen molar-refractivity contribution < 1.29 is 8.83 Å². The molecular weight excluding hydrogens is 901 g/mol. The number of anilines is 6. The van der Waals surface area contributed by atoms with Crippen molar-refractivity contribution in [2.45, 2.75) is 12.8 Å². The highest BCUT2D eigenvalue weighted by atomic mass is 16.3. The van der Waals surface area contributed by atoms with E-state index in [0.29, 0.717) is 12.8 Å². The smallest absolute Gasteiger partial charge is 0.159 e. The summed E-state index contributed by atoms with van der Waals surface area (Å²) >= 11 is 0. The maximum atomic E-state index is 6.86. The minimum absolute atomic E-state index is 0.703. The molecule has 0 fully saturated rings. The number of hydrogen-bond acceptors (Lipinski definition) is 4. The molecule has 1 aliphatic rings. The van der Waals surface area contributed by atoms with Gasteiger partial charge >= 0.3 is 0 Å². The Morgan fingerprint density at radius 3 is 1.05 bits per heavy atom. The second-order valence-electron chi connectivity index (χ2n) is 19.5. The van der Waals surface area contributed by atoms with Gasteiger partial charge in [-0.1, -0.05) is 194 Å². The fourth-order valence-electron chi connectivity index (χ4n) is 12.1. The Morgan fingerprint density at radius 1 is 0.257 bits per heavy atom. The molecule has 14 aromatic rings. The highest BCUT2D eigenvalue weighted by Crippen LogP contribution is 2.53. The van der Waals surface area contributed by atoms with Crippen LogP contribution in [0.5, 0.6) is 0 Å². The third kappa shape index (κ3) is 6.62. The predicted octanol–water partition coefficient (Wildman–Crippen LogP) is 19.6. The fraction of sp³-hybridized carbons (Fsp3) is 0.0286. The third-order valence-electron chi connectivity index (χ3n) is 15.3. The second kappa shape index (κ2) is 17.0. The lowest BCUT2D eigenvalue weighted by Gasteiger charge is -2.31. The largest absolute Gasteiger partial charge is 0.454 e. The molecule has 4 nitrogen and oxygen atoms in total. The van der Waals surface area contributed by atoms with Crippen LogP contribution < -0.4 is 9.80 Å². The van der Waals surface area contributed by atoms with Gasteiger partial charge in [-0.05, 0) is 129 Å². The van der Waals surface area contributed by atoms with E-state index in [1.807, 2.05) is 12.1 Å². The summed E-state index contributed by atoms with van der Waals surface area (Å²) < 4.78 is 13.7. The molecule has 0 saturated carbocycles. The van der Waals surface area contributed by atoms with Crippen LogP contribution in [0.3, 0.4) is 0 Å². The van der Waals surface area contributed by atoms with Crippen LogP contribution in [0.2, 0.25) is 0 Å². The van der Waals surface area contributed by atoms with Crippen LogP contribution in [0.4, 0.5) is 34.1 Å². The molecule has 2 aromatic heterocycles. The van der Waals surface area contributed by atoms with Crippen LogP contribution in [0.15, 0.2) is 264 Å². The van der Waals surface area contributed by atoms with Gasteiger partial charge in [0.05, 0.1) is 22.7 Å². The van der Waals surface area contributed by atoms with E-state index in [1.54, 1.807) is 0 Å². The summed E-state index contributed by atoms with van der Waals surface area (Å²) in [6.45, 7) is 0. The molecule has 12 aromatic carbocycles. The van der Waals surface area contributed by atoms with Gasteiger partial charge in [0, 0.05) is 43.7 Å². The maximum absolute atomic E-state index is 6.86. The highest BCUT2D eigenvalue weighted by molar-refractivity contribution is 6.18. The van der Waals surface area contributed by atoms with E-state index < -0.39 is 0 Å². The summed E-state index contributed by atoms with van der Waals surface area (Å²) in [5, 5.41) is 9.07. The van der Waals surface area contributed by atoms with E-state index in [1.165, 1.54) is 55.3 Å². The van der Waals surface area contributed by atoms with Gasteiger partial charge in [-0.3, -0.25) is 0 Å². The Kier molecular flexibility index (Phi) is 9.67. The standard InChI is InChI=1S/C70H46N2O2/c1-3-23-49(24-4-1)71(61-37-19-35-59-55-31-15-17-39-65(55)73-69(59)61)63-43-47-41-45-21-7-9-27-51(45)52-28-10-8-22-46(52)42-48-44-64(54-30-12-14-34-58(54)68(48)67(47)57-33-13-11-29-53(57)63)72(50-25-5-2-6-26-50)62-38-20-36-60-56-32-16-18-40-66(56)74-70(60)62/h1-40,43-44H,41-42H2. The van der Waals surface area contributed by atoms with Gasteiger partial charge in [-0.25, -0.2) is 0 Å². The first-order valence-electron chi connectivity index (χ1n) is 25.5. The molecule has 15 rings (SSSR count). The number of furan rings is 2. The molecule has 2 heterocycles. The number of hydrogen-bond donors (Lipinski definition) is 0. The Hall–Kier alpha value is -9.64. The monoisotopic (exact) mass is 946 g/mol. The van der Waals surface area contributed by atoms with Crippen LogP contribution in [-0.4, -0.2) is 0 Å². The quantitative estimate of drug-likeness (QED) is 0.166. The zero-order valence-electron chi connectivity index (χ0n) is 40.4. The summed E-state index contributed by atoms with van der Waals surface area (Å²) in [6, 6.07) is 92.5. The lowest BCUT2D eigenvalue weighted by Crippen LogP contribution is -2.13. The van der Waals surface area contributed by atoms with E-state index in [0.717, 1.165) is 88.8 Å². The van der Waals surface area contributed by atoms with Crippen molar-refractivity contribution in [3.8, 4) is 22.3 Å². The molecule has 0 saturated heterocycles. The first-order chi connectivity index (χ1) is 36.7. The van der Waals surface area contributed by atoms with E-state index in [-0.39, 0.29) is 0 Å². The van der Waals surface area contributed by atoms with Crippen molar-refractivity contribution in [3.63, 3.8) is 0 Å². The molecule has 74 heavy (non-hydrogen) atoms. The van der Waals surface area contributed by atoms with Crippen LogP contribution in [0.25, 0.3) is 87.7 Å². The van der Waals surface area contributed by atoms with Crippen LogP contribution in [0, 0.1) is 0 Å². The van der Waals surface area contributed by atoms with Crippen molar-refractivity contribution in [2.75, 3.05) is 9.80 Å². The summed E-state index contributed by atoms with van der Waals surface area (Å²) in [7, 11) is 0. The van der Waals surface area contributed by atoms with Gasteiger partial charge in [0.1, 0.15) is 11.2 Å².